The van der Waals surface area contributed by atoms with Crippen molar-refractivity contribution in [2.75, 3.05) is 6.61 Å². The Morgan fingerprint density at radius 3 is 2.25 bits per heavy atom. The van der Waals surface area contributed by atoms with Gasteiger partial charge in [0.2, 0.25) is 6.43 Å². The van der Waals surface area contributed by atoms with Gasteiger partial charge < -0.3 is 9.84 Å². The van der Waals surface area contributed by atoms with Gasteiger partial charge >= 0.3 is 0 Å². The molecule has 2 nitrogen and oxygen atoms in total. The molecule has 0 bridgehead atoms. The van der Waals surface area contributed by atoms with Gasteiger partial charge in [-0.15, -0.1) is 0 Å². The maximum Gasteiger partial charge on any atom is 0.244 e. The predicted octanol–water partition coefficient (Wildman–Crippen LogP) is 4.36. The van der Waals surface area contributed by atoms with Crippen LogP contribution in [0.4, 0.5) is 8.78 Å². The van der Waals surface area contributed by atoms with Gasteiger partial charge in [-0.2, -0.15) is 0 Å². The minimum absolute atomic E-state index is 0.222. The van der Waals surface area contributed by atoms with Crippen LogP contribution >= 0.6 is 0 Å². The molecule has 2 unspecified atom stereocenters. The van der Waals surface area contributed by atoms with Gasteiger partial charge in [0.1, 0.15) is 5.75 Å². The number of rotatable bonds is 8. The minimum atomic E-state index is -2.55. The molecule has 0 spiro atoms. The highest BCUT2D eigenvalue weighted by Gasteiger charge is 2.38. The van der Waals surface area contributed by atoms with E-state index in [2.05, 4.69) is 6.92 Å². The number of alkyl halides is 2. The number of unbranched alkanes of at least 4 members (excludes halogenated alkanes) is 1. The molecule has 0 heterocycles. The van der Waals surface area contributed by atoms with E-state index in [1.54, 1.807) is 31.2 Å². The summed E-state index contributed by atoms with van der Waals surface area (Å²) in [6.45, 7) is 5.83. The van der Waals surface area contributed by atoms with Gasteiger partial charge in [0.05, 0.1) is 18.1 Å². The zero-order valence-electron chi connectivity index (χ0n) is 12.4. The number of aliphatic hydroxyl groups is 1. The van der Waals surface area contributed by atoms with E-state index in [1.807, 2.05) is 0 Å². The summed E-state index contributed by atoms with van der Waals surface area (Å²) in [6, 6.07) is 6.76. The molecule has 1 aromatic rings. The fourth-order valence-electron chi connectivity index (χ4n) is 2.26. The highest BCUT2D eigenvalue weighted by molar-refractivity contribution is 5.31. The molecule has 0 amide bonds. The normalized spacial score (nSPS) is 15.9. The van der Waals surface area contributed by atoms with Gasteiger partial charge in [-0.3, -0.25) is 0 Å². The van der Waals surface area contributed by atoms with E-state index in [0.717, 1.165) is 12.8 Å². The van der Waals surface area contributed by atoms with E-state index in [0.29, 0.717) is 17.9 Å². The Labute approximate surface area is 119 Å². The van der Waals surface area contributed by atoms with Gasteiger partial charge in [0.25, 0.3) is 0 Å². The first-order chi connectivity index (χ1) is 9.43. The first-order valence-corrected chi connectivity index (χ1v) is 7.17. The average molecular weight is 286 g/mol. The SMILES string of the molecule is CCCCOc1ccc(C(C)(O)C(CC)C(F)F)cc1. The van der Waals surface area contributed by atoms with E-state index in [9.17, 15) is 13.9 Å². The molecule has 114 valence electrons. The summed E-state index contributed by atoms with van der Waals surface area (Å²) in [5, 5.41) is 10.4. The summed E-state index contributed by atoms with van der Waals surface area (Å²) in [5.41, 5.74) is -1.04. The Bertz CT molecular complexity index is 388. The van der Waals surface area contributed by atoms with E-state index in [-0.39, 0.29) is 6.42 Å². The van der Waals surface area contributed by atoms with Crippen LogP contribution < -0.4 is 4.74 Å². The van der Waals surface area contributed by atoms with Crippen molar-refractivity contribution in [3.63, 3.8) is 0 Å². The van der Waals surface area contributed by atoms with E-state index >= 15 is 0 Å². The summed E-state index contributed by atoms with van der Waals surface area (Å²) in [7, 11) is 0. The highest BCUT2D eigenvalue weighted by Crippen LogP contribution is 2.36. The topological polar surface area (TPSA) is 29.5 Å². The van der Waals surface area contributed by atoms with Crippen LogP contribution in [0.15, 0.2) is 24.3 Å². The van der Waals surface area contributed by atoms with Gasteiger partial charge in [-0.1, -0.05) is 32.4 Å². The molecule has 0 saturated carbocycles. The summed E-state index contributed by atoms with van der Waals surface area (Å²) < 4.78 is 31.5. The van der Waals surface area contributed by atoms with E-state index in [4.69, 9.17) is 4.74 Å². The Morgan fingerprint density at radius 1 is 1.20 bits per heavy atom. The number of ether oxygens (including phenoxy) is 1. The van der Waals surface area contributed by atoms with Crippen LogP contribution in [0, 0.1) is 5.92 Å². The second-order valence-corrected chi connectivity index (χ2v) is 5.22. The third-order valence-corrected chi connectivity index (χ3v) is 3.67. The summed E-state index contributed by atoms with van der Waals surface area (Å²) in [6.07, 6.45) is -0.294. The molecule has 1 rings (SSSR count). The molecule has 0 aliphatic carbocycles. The third-order valence-electron chi connectivity index (χ3n) is 3.67. The molecule has 20 heavy (non-hydrogen) atoms. The standard InChI is InChI=1S/C16H24F2O2/c1-4-6-11-20-13-9-7-12(8-10-13)16(3,19)14(5-2)15(17)18/h7-10,14-15,19H,4-6,11H2,1-3H3. The largest absolute Gasteiger partial charge is 0.494 e. The second-order valence-electron chi connectivity index (χ2n) is 5.22. The lowest BCUT2D eigenvalue weighted by Crippen LogP contribution is -2.36. The fraction of sp³-hybridized carbons (Fsp3) is 0.625. The molecule has 1 N–H and O–H groups in total. The average Bonchev–Trinajstić information content (AvgIpc) is 2.39. The predicted molar refractivity (Wildman–Crippen MR) is 76.2 cm³/mol. The van der Waals surface area contributed by atoms with Crippen molar-refractivity contribution in [3.8, 4) is 5.75 Å². The smallest absolute Gasteiger partial charge is 0.244 e. The first kappa shape index (κ1) is 16.9. The lowest BCUT2D eigenvalue weighted by Gasteiger charge is -2.32. The van der Waals surface area contributed by atoms with E-state index < -0.39 is 17.9 Å². The van der Waals surface area contributed by atoms with Crippen molar-refractivity contribution in [1.82, 2.24) is 0 Å². The van der Waals surface area contributed by atoms with Gasteiger partial charge in [-0.05, 0) is 37.5 Å². The van der Waals surface area contributed by atoms with Crippen molar-refractivity contribution in [1.29, 1.82) is 0 Å². The summed E-state index contributed by atoms with van der Waals surface area (Å²) in [4.78, 5) is 0. The fourth-order valence-corrected chi connectivity index (χ4v) is 2.26. The molecule has 0 radical (unpaired) electrons. The maximum atomic E-state index is 13.0. The van der Waals surface area contributed by atoms with Crippen molar-refractivity contribution >= 4 is 0 Å². The zero-order valence-corrected chi connectivity index (χ0v) is 12.4. The lowest BCUT2D eigenvalue weighted by molar-refractivity contribution is -0.0798. The second kappa shape index (κ2) is 7.58. The molecule has 0 aliphatic rings. The summed E-state index contributed by atoms with van der Waals surface area (Å²) >= 11 is 0. The van der Waals surface area contributed by atoms with Crippen molar-refractivity contribution in [3.05, 3.63) is 29.8 Å². The quantitative estimate of drug-likeness (QED) is 0.719. The molecule has 0 aromatic heterocycles. The molecule has 0 fully saturated rings. The first-order valence-electron chi connectivity index (χ1n) is 7.17. The Morgan fingerprint density at radius 2 is 1.80 bits per heavy atom. The van der Waals surface area contributed by atoms with Crippen LogP contribution in [0.5, 0.6) is 5.75 Å². The molecule has 0 aliphatic heterocycles. The Hall–Kier alpha value is -1.16. The molecule has 1 aromatic carbocycles. The van der Waals surface area contributed by atoms with Gasteiger partial charge in [0.15, 0.2) is 0 Å². The van der Waals surface area contributed by atoms with Crippen LogP contribution in [-0.4, -0.2) is 18.1 Å². The van der Waals surface area contributed by atoms with Crippen LogP contribution in [0.1, 0.15) is 45.6 Å². The van der Waals surface area contributed by atoms with Crippen LogP contribution in [0.2, 0.25) is 0 Å². The number of benzene rings is 1. The van der Waals surface area contributed by atoms with Gasteiger partial charge in [0, 0.05) is 0 Å². The third kappa shape index (κ3) is 4.17. The summed E-state index contributed by atoms with van der Waals surface area (Å²) in [5.74, 6) is -0.377. The highest BCUT2D eigenvalue weighted by atomic mass is 19.3. The van der Waals surface area contributed by atoms with Crippen molar-refractivity contribution in [2.45, 2.75) is 52.1 Å². The zero-order chi connectivity index (χ0) is 15.2. The van der Waals surface area contributed by atoms with E-state index in [1.165, 1.54) is 6.92 Å². The minimum Gasteiger partial charge on any atom is -0.494 e. The molecule has 0 saturated heterocycles. The number of hydrogen-bond donors (Lipinski definition) is 1. The number of halogens is 2. The van der Waals surface area contributed by atoms with Gasteiger partial charge in [-0.25, -0.2) is 8.78 Å². The number of hydrogen-bond acceptors (Lipinski definition) is 2. The molecule has 2 atom stereocenters. The maximum absolute atomic E-state index is 13.0. The Kier molecular flexibility index (Phi) is 6.40. The van der Waals surface area contributed by atoms with Crippen molar-refractivity contribution < 1.29 is 18.6 Å². The molecular formula is C16H24F2O2. The Balaban J connectivity index is 2.80. The van der Waals surface area contributed by atoms with Crippen LogP contribution in [0.25, 0.3) is 0 Å². The monoisotopic (exact) mass is 286 g/mol. The van der Waals surface area contributed by atoms with Crippen LogP contribution in [-0.2, 0) is 5.60 Å². The van der Waals surface area contributed by atoms with Crippen molar-refractivity contribution in [2.24, 2.45) is 5.92 Å². The molecule has 4 heteroatoms. The van der Waals surface area contributed by atoms with Crippen LogP contribution in [0.3, 0.4) is 0 Å². The lowest BCUT2D eigenvalue weighted by atomic mass is 9.81. The molecular weight excluding hydrogens is 262 g/mol.